The molecule has 0 radical (unpaired) electrons. The lowest BCUT2D eigenvalue weighted by Gasteiger charge is -2.32. The van der Waals surface area contributed by atoms with Crippen LogP contribution < -0.4 is 19.3 Å². The molecular formula is C50H28N2O2S2. The van der Waals surface area contributed by atoms with Gasteiger partial charge in [-0.15, -0.1) is 22.7 Å². The number of ether oxygens (including phenoxy) is 2. The minimum Gasteiger partial charge on any atom is -0.453 e. The van der Waals surface area contributed by atoms with Crippen molar-refractivity contribution in [1.82, 2.24) is 0 Å². The molecule has 13 rings (SSSR count). The first-order valence-electron chi connectivity index (χ1n) is 18.7. The van der Waals surface area contributed by atoms with E-state index in [1.165, 1.54) is 61.9 Å². The van der Waals surface area contributed by atoms with Crippen molar-refractivity contribution < 1.29 is 9.47 Å². The molecule has 4 nitrogen and oxygen atoms in total. The van der Waals surface area contributed by atoms with Crippen LogP contribution in [-0.2, 0) is 0 Å². The summed E-state index contributed by atoms with van der Waals surface area (Å²) in [6.07, 6.45) is 0. The maximum absolute atomic E-state index is 6.30. The second-order valence-corrected chi connectivity index (χ2v) is 16.7. The summed E-state index contributed by atoms with van der Waals surface area (Å²) < 4.78 is 17.9. The minimum atomic E-state index is 0.861. The van der Waals surface area contributed by atoms with Gasteiger partial charge in [-0.25, -0.2) is 0 Å². The molecule has 0 aliphatic carbocycles. The molecule has 56 heavy (non-hydrogen) atoms. The van der Waals surface area contributed by atoms with Crippen LogP contribution in [0.3, 0.4) is 0 Å². The van der Waals surface area contributed by atoms with Crippen LogP contribution in [0.5, 0.6) is 23.0 Å². The van der Waals surface area contributed by atoms with E-state index >= 15 is 0 Å². The second-order valence-electron chi connectivity index (χ2n) is 14.5. The summed E-state index contributed by atoms with van der Waals surface area (Å²) in [7, 11) is 0. The van der Waals surface area contributed by atoms with Gasteiger partial charge in [0.15, 0.2) is 23.0 Å². The maximum Gasteiger partial charge on any atom is 0.151 e. The first-order chi connectivity index (χ1) is 27.7. The highest BCUT2D eigenvalue weighted by Gasteiger charge is 2.27. The van der Waals surface area contributed by atoms with Crippen LogP contribution in [0.1, 0.15) is 0 Å². The zero-order valence-corrected chi connectivity index (χ0v) is 31.3. The lowest BCUT2D eigenvalue weighted by Crippen LogP contribution is -2.15. The highest BCUT2D eigenvalue weighted by Crippen LogP contribution is 2.53. The largest absolute Gasteiger partial charge is 0.453 e. The highest BCUT2D eigenvalue weighted by atomic mass is 32.1. The van der Waals surface area contributed by atoms with Crippen LogP contribution in [0.2, 0.25) is 0 Å². The minimum absolute atomic E-state index is 0.861. The molecule has 11 aromatic rings. The number of hydrogen-bond acceptors (Lipinski definition) is 6. The molecule has 2 aliphatic heterocycles. The van der Waals surface area contributed by atoms with E-state index in [0.717, 1.165) is 57.1 Å². The fourth-order valence-corrected chi connectivity index (χ4v) is 11.3. The summed E-state index contributed by atoms with van der Waals surface area (Å²) in [6, 6.07) is 61.0. The van der Waals surface area contributed by atoms with Crippen molar-refractivity contribution in [2.24, 2.45) is 0 Å². The van der Waals surface area contributed by atoms with Crippen molar-refractivity contribution >= 4 is 119 Å². The van der Waals surface area contributed by atoms with E-state index in [9.17, 15) is 0 Å². The highest BCUT2D eigenvalue weighted by molar-refractivity contribution is 7.29. The SMILES string of the molecule is c1ccc2c(c1)Oc1ccccc1N2c1ccc2cc3c(cc2c1)sc1c3ccc2sc3cc4cc(N5c6ccccc6Oc6ccccc65)ccc4cc3c21. The predicted molar refractivity (Wildman–Crippen MR) is 237 cm³/mol. The van der Waals surface area contributed by atoms with Crippen molar-refractivity contribution in [2.75, 3.05) is 9.80 Å². The van der Waals surface area contributed by atoms with Gasteiger partial charge >= 0.3 is 0 Å². The molecule has 0 atom stereocenters. The maximum atomic E-state index is 6.30. The molecule has 0 saturated carbocycles. The van der Waals surface area contributed by atoms with Gasteiger partial charge in [0, 0.05) is 51.7 Å². The number of hydrogen-bond donors (Lipinski definition) is 0. The summed E-state index contributed by atoms with van der Waals surface area (Å²) in [4.78, 5) is 4.63. The molecule has 262 valence electrons. The number of anilines is 6. The van der Waals surface area contributed by atoms with Gasteiger partial charge in [-0.05, 0) is 125 Å². The molecule has 9 aromatic carbocycles. The van der Waals surface area contributed by atoms with E-state index in [1.807, 2.05) is 71.2 Å². The fraction of sp³-hybridized carbons (Fsp3) is 0. The average molecular weight is 753 g/mol. The van der Waals surface area contributed by atoms with Crippen LogP contribution in [0.4, 0.5) is 34.1 Å². The van der Waals surface area contributed by atoms with Gasteiger partial charge in [0.05, 0.1) is 22.7 Å². The van der Waals surface area contributed by atoms with Gasteiger partial charge in [0.25, 0.3) is 0 Å². The molecule has 2 aliphatic rings. The topological polar surface area (TPSA) is 24.9 Å². The molecule has 0 unspecified atom stereocenters. The summed E-state index contributed by atoms with van der Waals surface area (Å²) >= 11 is 3.80. The lowest BCUT2D eigenvalue weighted by atomic mass is 10.0. The van der Waals surface area contributed by atoms with E-state index < -0.39 is 0 Å². The third-order valence-electron chi connectivity index (χ3n) is 11.3. The summed E-state index contributed by atoms with van der Waals surface area (Å²) in [5.74, 6) is 3.45. The molecule has 2 aromatic heterocycles. The van der Waals surface area contributed by atoms with E-state index in [4.69, 9.17) is 9.47 Å². The first-order valence-corrected chi connectivity index (χ1v) is 20.4. The number of para-hydroxylation sites is 8. The summed E-state index contributed by atoms with van der Waals surface area (Å²) in [5, 5.41) is 10.2. The van der Waals surface area contributed by atoms with Crippen LogP contribution in [0.25, 0.3) is 61.9 Å². The van der Waals surface area contributed by atoms with Crippen molar-refractivity contribution in [3.05, 3.63) is 170 Å². The van der Waals surface area contributed by atoms with E-state index in [1.54, 1.807) is 0 Å². The Labute approximate surface area is 329 Å². The van der Waals surface area contributed by atoms with Crippen molar-refractivity contribution in [2.45, 2.75) is 0 Å². The molecule has 0 fully saturated rings. The Balaban J connectivity index is 0.949. The van der Waals surface area contributed by atoms with E-state index in [0.29, 0.717) is 0 Å². The standard InChI is InChI=1S/C50H28N2O2S2/c1-5-13-42-38(9-1)51(39-10-2-6-14-43(39)53-42)33-19-17-29-25-36-35-21-22-46-49(50(35)56-47(36)27-31(29)23-33)37-26-30-18-20-34(24-32(30)28-48(37)55-46)52-40-11-3-7-15-44(40)54-45-16-8-4-12-41(45)52/h1-28H. The molecule has 0 N–H and O–H groups in total. The monoisotopic (exact) mass is 752 g/mol. The third kappa shape index (κ3) is 4.34. The Morgan fingerprint density at radius 1 is 0.339 bits per heavy atom. The first kappa shape index (κ1) is 30.5. The van der Waals surface area contributed by atoms with Crippen molar-refractivity contribution in [3.8, 4) is 23.0 Å². The number of fused-ring (bicyclic) bond motifs is 13. The van der Waals surface area contributed by atoms with Gasteiger partial charge in [0.1, 0.15) is 0 Å². The summed E-state index contributed by atoms with van der Waals surface area (Å²) in [5.41, 5.74) is 6.40. The zero-order chi connectivity index (χ0) is 36.5. The Kier molecular flexibility index (Phi) is 6.17. The normalized spacial score (nSPS) is 13.2. The summed E-state index contributed by atoms with van der Waals surface area (Å²) in [6.45, 7) is 0. The third-order valence-corrected chi connectivity index (χ3v) is 13.6. The fourth-order valence-electron chi connectivity index (χ4n) is 8.80. The quantitative estimate of drug-likeness (QED) is 0.176. The Hall–Kier alpha value is -6.86. The number of benzene rings is 9. The molecule has 6 heteroatoms. The molecule has 0 amide bonds. The lowest BCUT2D eigenvalue weighted by molar-refractivity contribution is 0.477. The molecule has 4 heterocycles. The van der Waals surface area contributed by atoms with Gasteiger partial charge in [-0.2, -0.15) is 0 Å². The van der Waals surface area contributed by atoms with Crippen molar-refractivity contribution in [3.63, 3.8) is 0 Å². The van der Waals surface area contributed by atoms with Crippen LogP contribution >= 0.6 is 22.7 Å². The van der Waals surface area contributed by atoms with Gasteiger partial charge in [0.2, 0.25) is 0 Å². The molecule has 0 spiro atoms. The number of thiophene rings is 2. The van der Waals surface area contributed by atoms with Gasteiger partial charge in [-0.3, -0.25) is 0 Å². The number of nitrogens with zero attached hydrogens (tertiary/aromatic N) is 2. The zero-order valence-electron chi connectivity index (χ0n) is 29.7. The average Bonchev–Trinajstić information content (AvgIpc) is 3.79. The van der Waals surface area contributed by atoms with Crippen LogP contribution in [-0.4, -0.2) is 0 Å². The smallest absolute Gasteiger partial charge is 0.151 e. The number of rotatable bonds is 2. The Bertz CT molecular complexity index is 3380. The van der Waals surface area contributed by atoms with Gasteiger partial charge < -0.3 is 19.3 Å². The molecular weight excluding hydrogens is 725 g/mol. The Morgan fingerprint density at radius 2 is 0.804 bits per heavy atom. The molecule has 0 bridgehead atoms. The van der Waals surface area contributed by atoms with E-state index in [2.05, 4.69) is 131 Å². The van der Waals surface area contributed by atoms with Crippen LogP contribution in [0.15, 0.2) is 170 Å². The Morgan fingerprint density at radius 3 is 1.32 bits per heavy atom. The molecule has 0 saturated heterocycles. The van der Waals surface area contributed by atoms with Gasteiger partial charge in [-0.1, -0.05) is 66.7 Å². The predicted octanol–water partition coefficient (Wildman–Crippen LogP) is 15.9. The van der Waals surface area contributed by atoms with Crippen LogP contribution in [0, 0.1) is 0 Å². The van der Waals surface area contributed by atoms with Crippen molar-refractivity contribution in [1.29, 1.82) is 0 Å². The van der Waals surface area contributed by atoms with E-state index in [-0.39, 0.29) is 0 Å². The second kappa shape index (κ2) is 11.3.